The molecule has 2 aliphatic rings. The van der Waals surface area contributed by atoms with Gasteiger partial charge in [0.15, 0.2) is 0 Å². The maximum atomic E-state index is 2.34. The van der Waals surface area contributed by atoms with E-state index in [1.807, 2.05) is 0 Å². The van der Waals surface area contributed by atoms with Gasteiger partial charge in [-0.15, -0.1) is 0 Å². The van der Waals surface area contributed by atoms with Gasteiger partial charge < -0.3 is 0 Å². The largest absolute Gasteiger partial charge is 0.0587 e. The van der Waals surface area contributed by atoms with E-state index in [2.05, 4.69) is 24.3 Å². The lowest BCUT2D eigenvalue weighted by Crippen LogP contribution is -1.87. The highest BCUT2D eigenvalue weighted by atomic mass is 14.3. The van der Waals surface area contributed by atoms with Gasteiger partial charge in [0.05, 0.1) is 0 Å². The highest BCUT2D eigenvalue weighted by Crippen LogP contribution is 2.40. The third kappa shape index (κ3) is 1.77. The van der Waals surface area contributed by atoms with Crippen molar-refractivity contribution in [1.82, 2.24) is 0 Å². The lowest BCUT2D eigenvalue weighted by molar-refractivity contribution is 0.831. The van der Waals surface area contributed by atoms with Gasteiger partial charge in [-0.3, -0.25) is 0 Å². The predicted molar refractivity (Wildman–Crippen MR) is 54.8 cm³/mol. The monoisotopic (exact) mass is 172 g/mol. The summed E-state index contributed by atoms with van der Waals surface area (Å²) in [5.41, 5.74) is 3.12. The molecular formula is C13H16. The second-order valence-corrected chi connectivity index (χ2v) is 4.66. The van der Waals surface area contributed by atoms with Gasteiger partial charge in [0.25, 0.3) is 0 Å². The summed E-state index contributed by atoms with van der Waals surface area (Å²) >= 11 is 0. The molecule has 0 aromatic heterocycles. The standard InChI is InChI=1S/C13H16/c1-2-10(1)9-11-3-5-12(6-4-11)13-7-8-13/h3-6,10,13H,1-2,7-9H2. The molecule has 0 bridgehead atoms. The molecule has 0 atom stereocenters. The van der Waals surface area contributed by atoms with Crippen LogP contribution < -0.4 is 0 Å². The van der Waals surface area contributed by atoms with Crippen molar-refractivity contribution in [2.24, 2.45) is 5.92 Å². The van der Waals surface area contributed by atoms with Gasteiger partial charge in [0, 0.05) is 0 Å². The van der Waals surface area contributed by atoms with Crippen LogP contribution in [0.4, 0.5) is 0 Å². The Hall–Kier alpha value is -0.780. The maximum Gasteiger partial charge on any atom is -0.0162 e. The fourth-order valence-electron chi connectivity index (χ4n) is 2.00. The van der Waals surface area contributed by atoms with Crippen LogP contribution in [0.1, 0.15) is 42.7 Å². The van der Waals surface area contributed by atoms with Crippen LogP contribution in [0.5, 0.6) is 0 Å². The average Bonchev–Trinajstić information content (AvgIpc) is 3.01. The van der Waals surface area contributed by atoms with Crippen LogP contribution in [0, 0.1) is 5.92 Å². The molecule has 0 aliphatic heterocycles. The van der Waals surface area contributed by atoms with Crippen molar-refractivity contribution in [2.45, 2.75) is 38.0 Å². The minimum Gasteiger partial charge on any atom is -0.0587 e. The zero-order valence-electron chi connectivity index (χ0n) is 8.00. The first kappa shape index (κ1) is 7.61. The minimum atomic E-state index is 0.912. The van der Waals surface area contributed by atoms with E-state index < -0.39 is 0 Å². The van der Waals surface area contributed by atoms with Crippen molar-refractivity contribution in [3.8, 4) is 0 Å². The molecule has 3 rings (SSSR count). The molecule has 1 aromatic rings. The number of rotatable bonds is 3. The van der Waals surface area contributed by atoms with E-state index in [-0.39, 0.29) is 0 Å². The first-order chi connectivity index (χ1) is 6.42. The molecule has 0 amide bonds. The van der Waals surface area contributed by atoms with Crippen molar-refractivity contribution in [3.63, 3.8) is 0 Å². The quantitative estimate of drug-likeness (QED) is 0.654. The second-order valence-electron chi connectivity index (χ2n) is 4.66. The summed E-state index contributed by atoms with van der Waals surface area (Å²) in [4.78, 5) is 0. The van der Waals surface area contributed by atoms with Gasteiger partial charge in [0.1, 0.15) is 0 Å². The number of hydrogen-bond acceptors (Lipinski definition) is 0. The van der Waals surface area contributed by atoms with Crippen LogP contribution in [0.3, 0.4) is 0 Å². The average molecular weight is 172 g/mol. The number of hydrogen-bond donors (Lipinski definition) is 0. The second kappa shape index (κ2) is 2.87. The van der Waals surface area contributed by atoms with E-state index in [1.54, 1.807) is 11.1 Å². The molecule has 2 aliphatic carbocycles. The third-order valence-corrected chi connectivity index (χ3v) is 3.25. The summed E-state index contributed by atoms with van der Waals surface area (Å²) in [6, 6.07) is 9.36. The summed E-state index contributed by atoms with van der Waals surface area (Å²) in [6.45, 7) is 0. The van der Waals surface area contributed by atoms with E-state index in [4.69, 9.17) is 0 Å². The molecule has 0 saturated heterocycles. The van der Waals surface area contributed by atoms with Gasteiger partial charge in [-0.2, -0.15) is 0 Å². The summed E-state index contributed by atoms with van der Waals surface area (Å²) in [5.74, 6) is 1.93. The molecular weight excluding hydrogens is 156 g/mol. The molecule has 0 radical (unpaired) electrons. The molecule has 1 aromatic carbocycles. The fraction of sp³-hybridized carbons (Fsp3) is 0.538. The molecule has 0 heteroatoms. The Morgan fingerprint density at radius 3 is 2.15 bits per heavy atom. The SMILES string of the molecule is c1cc(C2CC2)ccc1CC1CC1. The smallest absolute Gasteiger partial charge is 0.0162 e. The summed E-state index contributed by atoms with van der Waals surface area (Å²) in [6.07, 6.45) is 7.09. The van der Waals surface area contributed by atoms with Crippen molar-refractivity contribution >= 4 is 0 Å². The molecule has 13 heavy (non-hydrogen) atoms. The van der Waals surface area contributed by atoms with Gasteiger partial charge in [-0.25, -0.2) is 0 Å². The minimum absolute atomic E-state index is 0.912. The van der Waals surface area contributed by atoms with Crippen molar-refractivity contribution in [2.75, 3.05) is 0 Å². The topological polar surface area (TPSA) is 0 Å². The maximum absolute atomic E-state index is 2.34. The zero-order valence-corrected chi connectivity index (χ0v) is 8.00. The van der Waals surface area contributed by atoms with Gasteiger partial charge >= 0.3 is 0 Å². The lowest BCUT2D eigenvalue weighted by atomic mass is 10.0. The molecule has 68 valence electrons. The van der Waals surface area contributed by atoms with E-state index in [0.717, 1.165) is 11.8 Å². The van der Waals surface area contributed by atoms with E-state index >= 15 is 0 Å². The van der Waals surface area contributed by atoms with E-state index in [1.165, 1.54) is 32.1 Å². The lowest BCUT2D eigenvalue weighted by Gasteiger charge is -2.01. The Morgan fingerprint density at radius 2 is 1.62 bits per heavy atom. The van der Waals surface area contributed by atoms with E-state index in [0.29, 0.717) is 0 Å². The summed E-state index contributed by atoms with van der Waals surface area (Å²) < 4.78 is 0. The summed E-state index contributed by atoms with van der Waals surface area (Å²) in [7, 11) is 0. The van der Waals surface area contributed by atoms with Crippen LogP contribution in [0.25, 0.3) is 0 Å². The van der Waals surface area contributed by atoms with Crippen LogP contribution >= 0.6 is 0 Å². The fourth-order valence-corrected chi connectivity index (χ4v) is 2.00. The zero-order chi connectivity index (χ0) is 8.67. The summed E-state index contributed by atoms with van der Waals surface area (Å²) in [5, 5.41) is 0. The van der Waals surface area contributed by atoms with Crippen LogP contribution in [0.15, 0.2) is 24.3 Å². The molecule has 2 saturated carbocycles. The Kier molecular flexibility index (Phi) is 1.68. The Bertz CT molecular complexity index is 288. The normalized spacial score (nSPS) is 21.8. The molecule has 2 fully saturated rings. The number of benzene rings is 1. The molecule has 0 spiro atoms. The van der Waals surface area contributed by atoms with Crippen LogP contribution in [-0.4, -0.2) is 0 Å². The van der Waals surface area contributed by atoms with Crippen molar-refractivity contribution in [3.05, 3.63) is 35.4 Å². The molecule has 0 heterocycles. The molecule has 0 unspecified atom stereocenters. The molecule has 0 N–H and O–H groups in total. The Balaban J connectivity index is 1.72. The Morgan fingerprint density at radius 1 is 0.923 bits per heavy atom. The van der Waals surface area contributed by atoms with Gasteiger partial charge in [-0.05, 0) is 55.1 Å². The van der Waals surface area contributed by atoms with Gasteiger partial charge in [0.2, 0.25) is 0 Å². The first-order valence-electron chi connectivity index (χ1n) is 5.50. The molecule has 0 nitrogen and oxygen atoms in total. The van der Waals surface area contributed by atoms with Crippen LogP contribution in [-0.2, 0) is 6.42 Å². The highest BCUT2D eigenvalue weighted by molar-refractivity contribution is 5.28. The van der Waals surface area contributed by atoms with Crippen molar-refractivity contribution in [1.29, 1.82) is 0 Å². The van der Waals surface area contributed by atoms with E-state index in [9.17, 15) is 0 Å². The Labute approximate surface area is 80.0 Å². The van der Waals surface area contributed by atoms with Crippen molar-refractivity contribution < 1.29 is 0 Å². The highest BCUT2D eigenvalue weighted by Gasteiger charge is 2.24. The van der Waals surface area contributed by atoms with Crippen LogP contribution in [0.2, 0.25) is 0 Å². The first-order valence-corrected chi connectivity index (χ1v) is 5.50. The predicted octanol–water partition coefficient (Wildman–Crippen LogP) is 3.52. The third-order valence-electron chi connectivity index (χ3n) is 3.25. The van der Waals surface area contributed by atoms with Gasteiger partial charge in [-0.1, -0.05) is 24.3 Å².